The summed E-state index contributed by atoms with van der Waals surface area (Å²) in [5, 5.41) is 0. The van der Waals surface area contributed by atoms with Gasteiger partial charge in [0.05, 0.1) is 6.10 Å². The molecular formula is C14H19NO2. The Labute approximate surface area is 103 Å². The van der Waals surface area contributed by atoms with Gasteiger partial charge in [0.2, 0.25) is 0 Å². The highest BCUT2D eigenvalue weighted by molar-refractivity contribution is 5.87. The Morgan fingerprint density at radius 1 is 1.35 bits per heavy atom. The Balaban J connectivity index is 2.84. The van der Waals surface area contributed by atoms with Gasteiger partial charge in [-0.3, -0.25) is 4.90 Å². The summed E-state index contributed by atoms with van der Waals surface area (Å²) >= 11 is 0. The fourth-order valence-corrected chi connectivity index (χ4v) is 1.37. The normalized spacial score (nSPS) is 10.8. The minimum absolute atomic E-state index is 0.112. The van der Waals surface area contributed by atoms with Crippen LogP contribution < -0.4 is 4.90 Å². The van der Waals surface area contributed by atoms with Gasteiger partial charge in [-0.05, 0) is 32.9 Å². The zero-order chi connectivity index (χ0) is 12.7. The summed E-state index contributed by atoms with van der Waals surface area (Å²) in [5.41, 5.74) is 0.844. The highest BCUT2D eigenvalue weighted by Gasteiger charge is 2.16. The van der Waals surface area contributed by atoms with Crippen LogP contribution in [0.1, 0.15) is 20.8 Å². The second kappa shape index (κ2) is 6.74. The molecule has 0 fully saturated rings. The van der Waals surface area contributed by atoms with E-state index in [0.29, 0.717) is 6.54 Å². The predicted octanol–water partition coefficient (Wildman–Crippen LogP) is 3.61. The fourth-order valence-electron chi connectivity index (χ4n) is 1.37. The molecule has 0 spiro atoms. The SMILES string of the molecule is C/C=C\CN(C(=O)OC(C)C)c1ccccc1. The van der Waals surface area contributed by atoms with Gasteiger partial charge in [-0.1, -0.05) is 30.4 Å². The molecule has 0 radical (unpaired) electrons. The number of hydrogen-bond donors (Lipinski definition) is 0. The van der Waals surface area contributed by atoms with Crippen molar-refractivity contribution in [3.63, 3.8) is 0 Å². The van der Waals surface area contributed by atoms with Crippen molar-refractivity contribution < 1.29 is 9.53 Å². The summed E-state index contributed by atoms with van der Waals surface area (Å²) in [6.07, 6.45) is 3.41. The smallest absolute Gasteiger partial charge is 0.414 e. The molecule has 92 valence electrons. The first-order chi connectivity index (χ1) is 8.15. The summed E-state index contributed by atoms with van der Waals surface area (Å²) in [6.45, 7) is 6.14. The van der Waals surface area contributed by atoms with Crippen LogP contribution >= 0.6 is 0 Å². The van der Waals surface area contributed by atoms with Crippen LogP contribution in [0.3, 0.4) is 0 Å². The van der Waals surface area contributed by atoms with Crippen LogP contribution in [-0.2, 0) is 4.74 Å². The van der Waals surface area contributed by atoms with Gasteiger partial charge < -0.3 is 4.74 Å². The van der Waals surface area contributed by atoms with Crippen molar-refractivity contribution in [1.29, 1.82) is 0 Å². The van der Waals surface area contributed by atoms with Crippen molar-refractivity contribution >= 4 is 11.8 Å². The van der Waals surface area contributed by atoms with E-state index in [2.05, 4.69) is 0 Å². The molecule has 3 heteroatoms. The van der Waals surface area contributed by atoms with Crippen LogP contribution in [0, 0.1) is 0 Å². The van der Waals surface area contributed by atoms with E-state index >= 15 is 0 Å². The Morgan fingerprint density at radius 3 is 2.53 bits per heavy atom. The first-order valence-corrected chi connectivity index (χ1v) is 5.79. The van der Waals surface area contributed by atoms with Gasteiger partial charge in [0.1, 0.15) is 0 Å². The van der Waals surface area contributed by atoms with Gasteiger partial charge in [0.15, 0.2) is 0 Å². The van der Waals surface area contributed by atoms with E-state index in [1.807, 2.05) is 63.3 Å². The van der Waals surface area contributed by atoms with Gasteiger partial charge in [-0.2, -0.15) is 0 Å². The zero-order valence-corrected chi connectivity index (χ0v) is 10.6. The lowest BCUT2D eigenvalue weighted by Gasteiger charge is -2.22. The molecule has 3 nitrogen and oxygen atoms in total. The van der Waals surface area contributed by atoms with E-state index in [-0.39, 0.29) is 12.2 Å². The molecule has 0 saturated heterocycles. The van der Waals surface area contributed by atoms with Crippen molar-refractivity contribution in [3.8, 4) is 0 Å². The van der Waals surface area contributed by atoms with Gasteiger partial charge in [-0.15, -0.1) is 0 Å². The third kappa shape index (κ3) is 4.31. The number of ether oxygens (including phenoxy) is 1. The molecule has 17 heavy (non-hydrogen) atoms. The molecule has 1 aromatic rings. The molecule has 1 aromatic carbocycles. The molecule has 0 aliphatic carbocycles. The summed E-state index contributed by atoms with van der Waals surface area (Å²) in [5.74, 6) is 0. The first-order valence-electron chi connectivity index (χ1n) is 5.79. The molecule has 0 atom stereocenters. The summed E-state index contributed by atoms with van der Waals surface area (Å²) in [4.78, 5) is 13.5. The maximum atomic E-state index is 11.9. The maximum Gasteiger partial charge on any atom is 0.414 e. The summed E-state index contributed by atoms with van der Waals surface area (Å²) < 4.78 is 5.22. The van der Waals surface area contributed by atoms with E-state index in [9.17, 15) is 4.79 Å². The average molecular weight is 233 g/mol. The molecule has 0 bridgehead atoms. The minimum atomic E-state index is -0.315. The molecule has 1 rings (SSSR count). The van der Waals surface area contributed by atoms with Gasteiger partial charge in [0, 0.05) is 12.2 Å². The van der Waals surface area contributed by atoms with Crippen LogP contribution in [0.2, 0.25) is 0 Å². The third-order valence-corrected chi connectivity index (χ3v) is 2.15. The van der Waals surface area contributed by atoms with Gasteiger partial charge in [0.25, 0.3) is 0 Å². The highest BCUT2D eigenvalue weighted by atomic mass is 16.6. The number of anilines is 1. The number of rotatable bonds is 4. The van der Waals surface area contributed by atoms with E-state index in [1.54, 1.807) is 4.90 Å². The minimum Gasteiger partial charge on any atom is -0.446 e. The number of nitrogens with zero attached hydrogens (tertiary/aromatic N) is 1. The molecule has 0 unspecified atom stereocenters. The van der Waals surface area contributed by atoms with E-state index < -0.39 is 0 Å². The monoisotopic (exact) mass is 233 g/mol. The topological polar surface area (TPSA) is 29.5 Å². The standard InChI is InChI=1S/C14H19NO2/c1-4-5-11-15(14(16)17-12(2)3)13-9-7-6-8-10-13/h4-10,12H,11H2,1-3H3/b5-4-. The Morgan fingerprint density at radius 2 is 2.00 bits per heavy atom. The number of carbonyl (C=O) groups excluding carboxylic acids is 1. The molecule has 0 aromatic heterocycles. The third-order valence-electron chi connectivity index (χ3n) is 2.15. The zero-order valence-electron chi connectivity index (χ0n) is 10.6. The summed E-state index contributed by atoms with van der Waals surface area (Å²) in [6, 6.07) is 9.52. The first kappa shape index (κ1) is 13.3. The Bertz CT molecular complexity index is 371. The Hall–Kier alpha value is -1.77. The molecule has 0 saturated carbocycles. The van der Waals surface area contributed by atoms with Crippen molar-refractivity contribution in [1.82, 2.24) is 0 Å². The quantitative estimate of drug-likeness (QED) is 0.743. The second-order valence-corrected chi connectivity index (χ2v) is 3.95. The lowest BCUT2D eigenvalue weighted by molar-refractivity contribution is 0.123. The van der Waals surface area contributed by atoms with Crippen LogP contribution in [-0.4, -0.2) is 18.7 Å². The van der Waals surface area contributed by atoms with E-state index in [1.165, 1.54) is 0 Å². The van der Waals surface area contributed by atoms with E-state index in [0.717, 1.165) is 5.69 Å². The molecule has 1 amide bonds. The number of hydrogen-bond acceptors (Lipinski definition) is 2. The second-order valence-electron chi connectivity index (χ2n) is 3.95. The average Bonchev–Trinajstić information content (AvgIpc) is 2.30. The van der Waals surface area contributed by atoms with Gasteiger partial charge in [-0.25, -0.2) is 4.79 Å². The van der Waals surface area contributed by atoms with Crippen LogP contribution in [0.25, 0.3) is 0 Å². The number of benzene rings is 1. The van der Waals surface area contributed by atoms with Crippen LogP contribution in [0.5, 0.6) is 0 Å². The number of para-hydroxylation sites is 1. The van der Waals surface area contributed by atoms with Gasteiger partial charge >= 0.3 is 6.09 Å². The van der Waals surface area contributed by atoms with Crippen molar-refractivity contribution in [2.24, 2.45) is 0 Å². The number of amides is 1. The lowest BCUT2D eigenvalue weighted by atomic mass is 10.3. The molecule has 0 heterocycles. The maximum absolute atomic E-state index is 11.9. The number of allylic oxidation sites excluding steroid dienone is 1. The predicted molar refractivity (Wildman–Crippen MR) is 70.2 cm³/mol. The summed E-state index contributed by atoms with van der Waals surface area (Å²) in [7, 11) is 0. The van der Waals surface area contributed by atoms with Crippen molar-refractivity contribution in [2.45, 2.75) is 26.9 Å². The number of carbonyl (C=O) groups is 1. The molecule has 0 N–H and O–H groups in total. The van der Waals surface area contributed by atoms with Crippen molar-refractivity contribution in [3.05, 3.63) is 42.5 Å². The molecule has 0 aliphatic rings. The van der Waals surface area contributed by atoms with E-state index in [4.69, 9.17) is 4.74 Å². The molecular weight excluding hydrogens is 214 g/mol. The fraction of sp³-hybridized carbons (Fsp3) is 0.357. The Kier molecular flexibility index (Phi) is 5.27. The lowest BCUT2D eigenvalue weighted by Crippen LogP contribution is -2.33. The highest BCUT2D eigenvalue weighted by Crippen LogP contribution is 2.15. The van der Waals surface area contributed by atoms with Crippen molar-refractivity contribution in [2.75, 3.05) is 11.4 Å². The van der Waals surface area contributed by atoms with Crippen LogP contribution in [0.15, 0.2) is 42.5 Å². The largest absolute Gasteiger partial charge is 0.446 e. The molecule has 0 aliphatic heterocycles. The van der Waals surface area contributed by atoms with Crippen LogP contribution in [0.4, 0.5) is 10.5 Å².